The molecule has 1 fully saturated rings. The Labute approximate surface area is 168 Å². The summed E-state index contributed by atoms with van der Waals surface area (Å²) in [5.41, 5.74) is 2.15. The van der Waals surface area contributed by atoms with E-state index < -0.39 is 0 Å². The first-order valence-corrected chi connectivity index (χ1v) is 10.6. The number of ether oxygens (including phenoxy) is 1. The van der Waals surface area contributed by atoms with E-state index in [1.807, 2.05) is 48.0 Å². The van der Waals surface area contributed by atoms with Crippen molar-refractivity contribution in [2.45, 2.75) is 51.4 Å². The second-order valence-electron chi connectivity index (χ2n) is 7.94. The molecular weight excluding hydrogens is 376 g/mol. The summed E-state index contributed by atoms with van der Waals surface area (Å²) in [7, 11) is 1.89. The van der Waals surface area contributed by atoms with Crippen LogP contribution in [-0.4, -0.2) is 51.2 Å². The normalized spacial score (nSPS) is 18.4. The van der Waals surface area contributed by atoms with Gasteiger partial charge in [0.1, 0.15) is 0 Å². The maximum atomic E-state index is 12.6. The number of fused-ring (bicyclic) bond motifs is 1. The number of carbonyl (C=O) groups is 2. The highest BCUT2D eigenvalue weighted by Gasteiger charge is 2.42. The van der Waals surface area contributed by atoms with Crippen molar-refractivity contribution >= 4 is 23.2 Å². The second-order valence-corrected chi connectivity index (χ2v) is 8.89. The Bertz CT molecular complexity index is 880. The first-order valence-electron chi connectivity index (χ1n) is 9.71. The monoisotopic (exact) mass is 402 g/mol. The predicted molar refractivity (Wildman–Crippen MR) is 106 cm³/mol. The number of amides is 2. The van der Waals surface area contributed by atoms with E-state index in [1.54, 1.807) is 0 Å². The molecule has 0 aromatic carbocycles. The molecule has 7 nitrogen and oxygen atoms in total. The van der Waals surface area contributed by atoms with Gasteiger partial charge in [-0.25, -0.2) is 0 Å². The van der Waals surface area contributed by atoms with Crippen LogP contribution in [-0.2, 0) is 24.8 Å². The van der Waals surface area contributed by atoms with Gasteiger partial charge in [-0.1, -0.05) is 6.07 Å². The van der Waals surface area contributed by atoms with Gasteiger partial charge in [-0.2, -0.15) is 5.10 Å². The lowest BCUT2D eigenvalue weighted by atomic mass is 9.83. The summed E-state index contributed by atoms with van der Waals surface area (Å²) >= 11 is 1.48. The van der Waals surface area contributed by atoms with E-state index in [-0.39, 0.29) is 23.5 Å². The lowest BCUT2D eigenvalue weighted by Crippen LogP contribution is -2.50. The Kier molecular flexibility index (Phi) is 5.01. The number of rotatable bonds is 3. The number of likely N-dealkylation sites (tertiary alicyclic amines) is 1. The third-order valence-electron chi connectivity index (χ3n) is 5.62. The van der Waals surface area contributed by atoms with Crippen molar-refractivity contribution in [3.63, 3.8) is 0 Å². The Morgan fingerprint density at radius 1 is 1.32 bits per heavy atom. The van der Waals surface area contributed by atoms with Crippen molar-refractivity contribution in [3.05, 3.63) is 39.3 Å². The number of carbonyl (C=O) groups excluding carboxylic acids is 2. The van der Waals surface area contributed by atoms with Crippen molar-refractivity contribution < 1.29 is 14.3 Å². The molecule has 0 bridgehead atoms. The molecule has 2 aliphatic rings. The minimum Gasteiger partial charge on any atom is -0.370 e. The van der Waals surface area contributed by atoms with Crippen molar-refractivity contribution in [2.24, 2.45) is 7.05 Å². The summed E-state index contributed by atoms with van der Waals surface area (Å²) in [4.78, 5) is 27.7. The molecule has 1 saturated heterocycles. The maximum absolute atomic E-state index is 12.6. The van der Waals surface area contributed by atoms with E-state index in [9.17, 15) is 9.59 Å². The minimum absolute atomic E-state index is 0.0613. The van der Waals surface area contributed by atoms with Crippen LogP contribution in [0.15, 0.2) is 17.5 Å². The van der Waals surface area contributed by atoms with Crippen molar-refractivity contribution in [1.82, 2.24) is 20.0 Å². The molecule has 0 aliphatic carbocycles. The number of hydrogen-bond acceptors (Lipinski definition) is 5. The zero-order valence-corrected chi connectivity index (χ0v) is 17.3. The van der Waals surface area contributed by atoms with Gasteiger partial charge in [0.15, 0.2) is 5.69 Å². The Morgan fingerprint density at radius 3 is 2.71 bits per heavy atom. The molecule has 28 heavy (non-hydrogen) atoms. The smallest absolute Gasteiger partial charge is 0.272 e. The van der Waals surface area contributed by atoms with Crippen LogP contribution < -0.4 is 5.32 Å². The molecule has 4 rings (SSSR count). The average Bonchev–Trinajstić information content (AvgIpc) is 3.30. The summed E-state index contributed by atoms with van der Waals surface area (Å²) < 4.78 is 8.11. The van der Waals surface area contributed by atoms with E-state index in [0.717, 1.165) is 35.4 Å². The SMILES string of the molecule is CC(C)NC(=O)c1nn(C)c2c1COC1(CCN(C(=O)c3cccs3)CC1)C2. The van der Waals surface area contributed by atoms with Crippen LogP contribution in [0.1, 0.15) is 58.1 Å². The number of piperidine rings is 1. The van der Waals surface area contributed by atoms with Gasteiger partial charge < -0.3 is 15.0 Å². The summed E-state index contributed by atoms with van der Waals surface area (Å²) in [5, 5.41) is 9.30. The van der Waals surface area contributed by atoms with Gasteiger partial charge in [0, 0.05) is 43.9 Å². The van der Waals surface area contributed by atoms with E-state index in [0.29, 0.717) is 25.4 Å². The number of hydrogen-bond donors (Lipinski definition) is 1. The van der Waals surface area contributed by atoms with Gasteiger partial charge >= 0.3 is 0 Å². The van der Waals surface area contributed by atoms with Crippen LogP contribution in [0, 0.1) is 0 Å². The zero-order valence-electron chi connectivity index (χ0n) is 16.5. The van der Waals surface area contributed by atoms with Gasteiger partial charge in [-0.15, -0.1) is 11.3 Å². The van der Waals surface area contributed by atoms with E-state index in [2.05, 4.69) is 10.4 Å². The molecule has 150 valence electrons. The number of thiophene rings is 1. The second kappa shape index (κ2) is 7.33. The average molecular weight is 403 g/mol. The van der Waals surface area contributed by atoms with Gasteiger partial charge in [-0.3, -0.25) is 14.3 Å². The number of aryl methyl sites for hydroxylation is 1. The molecule has 0 unspecified atom stereocenters. The molecule has 0 saturated carbocycles. The number of nitrogens with zero attached hydrogens (tertiary/aromatic N) is 3. The molecule has 2 aromatic rings. The van der Waals surface area contributed by atoms with E-state index >= 15 is 0 Å². The summed E-state index contributed by atoms with van der Waals surface area (Å²) in [6.45, 7) is 5.63. The predicted octanol–water partition coefficient (Wildman–Crippen LogP) is 2.37. The molecule has 8 heteroatoms. The molecule has 0 radical (unpaired) electrons. The highest BCUT2D eigenvalue weighted by Crippen LogP contribution is 2.37. The third-order valence-corrected chi connectivity index (χ3v) is 6.47. The molecule has 2 aliphatic heterocycles. The zero-order chi connectivity index (χ0) is 19.9. The lowest BCUT2D eigenvalue weighted by molar-refractivity contribution is -0.0990. The van der Waals surface area contributed by atoms with Gasteiger partial charge in [0.25, 0.3) is 11.8 Å². The Hall–Kier alpha value is -2.19. The first-order chi connectivity index (χ1) is 13.4. The van der Waals surface area contributed by atoms with E-state index in [4.69, 9.17) is 4.74 Å². The number of aromatic nitrogens is 2. The van der Waals surface area contributed by atoms with Crippen LogP contribution in [0.25, 0.3) is 0 Å². The highest BCUT2D eigenvalue weighted by atomic mass is 32.1. The van der Waals surface area contributed by atoms with Crippen molar-refractivity contribution in [2.75, 3.05) is 13.1 Å². The molecular formula is C20H26N4O3S. The van der Waals surface area contributed by atoms with Crippen molar-refractivity contribution in [3.8, 4) is 0 Å². The quantitative estimate of drug-likeness (QED) is 0.855. The lowest BCUT2D eigenvalue weighted by Gasteiger charge is -2.43. The van der Waals surface area contributed by atoms with Gasteiger partial charge in [0.05, 0.1) is 17.1 Å². The van der Waals surface area contributed by atoms with Crippen molar-refractivity contribution in [1.29, 1.82) is 0 Å². The fourth-order valence-electron chi connectivity index (χ4n) is 4.06. The molecule has 2 aromatic heterocycles. The molecule has 2 amide bonds. The van der Waals surface area contributed by atoms with Crippen LogP contribution in [0.5, 0.6) is 0 Å². The molecule has 0 atom stereocenters. The Balaban J connectivity index is 1.47. The maximum Gasteiger partial charge on any atom is 0.272 e. The molecule has 1 N–H and O–H groups in total. The third kappa shape index (κ3) is 3.46. The Morgan fingerprint density at radius 2 is 2.07 bits per heavy atom. The van der Waals surface area contributed by atoms with Gasteiger partial charge in [0.2, 0.25) is 0 Å². The minimum atomic E-state index is -0.279. The summed E-state index contributed by atoms with van der Waals surface area (Å²) in [6.07, 6.45) is 2.31. The fourth-order valence-corrected chi connectivity index (χ4v) is 4.76. The summed E-state index contributed by atoms with van der Waals surface area (Å²) in [5.74, 6) is -0.0442. The van der Waals surface area contributed by atoms with E-state index in [1.165, 1.54) is 11.3 Å². The van der Waals surface area contributed by atoms with Crippen LogP contribution in [0.4, 0.5) is 0 Å². The first kappa shape index (κ1) is 19.1. The molecule has 1 spiro atoms. The summed E-state index contributed by atoms with van der Waals surface area (Å²) in [6, 6.07) is 3.84. The highest BCUT2D eigenvalue weighted by molar-refractivity contribution is 7.12. The number of nitrogens with one attached hydrogen (secondary N) is 1. The topological polar surface area (TPSA) is 76.5 Å². The largest absolute Gasteiger partial charge is 0.370 e. The van der Waals surface area contributed by atoms with Crippen LogP contribution >= 0.6 is 11.3 Å². The van der Waals surface area contributed by atoms with Gasteiger partial charge in [-0.05, 0) is 38.1 Å². The molecule has 4 heterocycles. The fraction of sp³-hybridized carbons (Fsp3) is 0.550. The van der Waals surface area contributed by atoms with Crippen LogP contribution in [0.2, 0.25) is 0 Å². The standard InChI is InChI=1S/C20H26N4O3S/c1-13(2)21-18(25)17-14-12-27-20(11-15(14)23(3)22-17)6-8-24(9-7-20)19(26)16-5-4-10-28-16/h4-5,10,13H,6-9,11-12H2,1-3H3,(H,21,25). The van der Waals surface area contributed by atoms with Crippen LogP contribution in [0.3, 0.4) is 0 Å².